The number of hydrogen-bond acceptors (Lipinski definition) is 17. The fraction of sp³-hybridized carbons (Fsp3) is 0.455. The molecule has 0 radical (unpaired) electrons. The number of aromatic nitrogens is 1. The number of halogens is 1. The van der Waals surface area contributed by atoms with Gasteiger partial charge in [-0.05, 0) is 44.9 Å². The summed E-state index contributed by atoms with van der Waals surface area (Å²) in [4.78, 5) is 97.6. The Balaban J connectivity index is 1.16. The van der Waals surface area contributed by atoms with Crippen molar-refractivity contribution in [3.05, 3.63) is 110 Å². The number of phenolic OH excluding ortho intramolecular Hbond substituents is 1. The highest BCUT2D eigenvalue weighted by atomic mass is 19.1. The van der Waals surface area contributed by atoms with Gasteiger partial charge in [0.05, 0.1) is 77.3 Å². The Morgan fingerprint density at radius 3 is 2.24 bits per heavy atom. The first kappa shape index (κ1) is 54.8. The maximum absolute atomic E-state index is 15.9. The highest BCUT2D eigenvalue weighted by Crippen LogP contribution is 2.49. The second kappa shape index (κ2) is 21.3. The van der Waals surface area contributed by atoms with E-state index in [-0.39, 0.29) is 65.7 Å². The number of methoxy groups -OCH3 is 1. The number of carboxylic acids is 1. The van der Waals surface area contributed by atoms with E-state index < -0.39 is 134 Å². The Morgan fingerprint density at radius 1 is 0.921 bits per heavy atom. The standard InChI is InChI=1S/C55H62FN5O15/c1-25-11-10-12-26(2)53(70)58-43-34(23-57-60-18-16-59(17-19-60)38-22-37-33(21-36(38)56)47(66)35(54(71)72)24-61(37)32-13-14-32)48(67)40-41(49(43)68)46(65)30(6)51-42(40)52(69)55(8,76-51)74-20-15-39(73-9)27(3)50(75-31(7)62)29(5)45(64)28(4)44(25)63/h10-12,15,20-25,27-29,32,39,44-45,50,63-65H,13-14,16-19H2,1-9H3,(H,58,70)(H,71,72)/t25-,27+,28+,29+,39-,44-,45+,50+,55-/m0/s1. The maximum Gasteiger partial charge on any atom is 0.341 e. The van der Waals surface area contributed by atoms with Crippen LogP contribution in [0.15, 0.2) is 75.6 Å². The first-order chi connectivity index (χ1) is 35.9. The number of amides is 1. The molecule has 2 aliphatic carbocycles. The molecule has 5 N–H and O–H groups in total. The van der Waals surface area contributed by atoms with E-state index in [2.05, 4.69) is 10.4 Å². The van der Waals surface area contributed by atoms with Crippen LogP contribution in [0.3, 0.4) is 0 Å². The summed E-state index contributed by atoms with van der Waals surface area (Å²) in [5.74, 6) is -12.4. The highest BCUT2D eigenvalue weighted by Gasteiger charge is 2.53. The number of aromatic hydroxyl groups is 1. The van der Waals surface area contributed by atoms with Crippen LogP contribution in [0, 0.1) is 36.4 Å². The third-order valence-electron chi connectivity index (χ3n) is 15.2. The van der Waals surface area contributed by atoms with Gasteiger partial charge in [-0.15, -0.1) is 0 Å². The van der Waals surface area contributed by atoms with Gasteiger partial charge in [-0.2, -0.15) is 5.10 Å². The molecule has 0 unspecified atom stereocenters. The van der Waals surface area contributed by atoms with Crippen molar-refractivity contribution in [1.82, 2.24) is 14.9 Å². The third kappa shape index (κ3) is 10.1. The van der Waals surface area contributed by atoms with E-state index in [1.165, 1.54) is 65.3 Å². The Kier molecular flexibility index (Phi) is 15.3. The summed E-state index contributed by atoms with van der Waals surface area (Å²) in [6.07, 6.45) is 6.85. The predicted octanol–water partition coefficient (Wildman–Crippen LogP) is 5.30. The number of ether oxygens (including phenoxy) is 4. The molecule has 2 aromatic carbocycles. The van der Waals surface area contributed by atoms with Crippen LogP contribution in [-0.4, -0.2) is 135 Å². The van der Waals surface area contributed by atoms with Gasteiger partial charge in [0.1, 0.15) is 34.7 Å². The monoisotopic (exact) mass is 1050 g/mol. The predicted molar refractivity (Wildman–Crippen MR) is 274 cm³/mol. The molecular weight excluding hydrogens is 990 g/mol. The average molecular weight is 1050 g/mol. The minimum absolute atomic E-state index is 0.0392. The van der Waals surface area contributed by atoms with Crippen molar-refractivity contribution < 1.29 is 72.5 Å². The number of carboxylic acid groups (broad SMARTS) is 1. The van der Waals surface area contributed by atoms with Gasteiger partial charge < -0.3 is 54.2 Å². The normalized spacial score (nSPS) is 27.7. The molecule has 0 spiro atoms. The van der Waals surface area contributed by atoms with Crippen molar-refractivity contribution in [2.45, 2.75) is 104 Å². The van der Waals surface area contributed by atoms with Crippen LogP contribution >= 0.6 is 0 Å². The van der Waals surface area contributed by atoms with Gasteiger partial charge in [0.25, 0.3) is 11.7 Å². The van der Waals surface area contributed by atoms with Crippen LogP contribution < -0.4 is 20.4 Å². The molecule has 1 aromatic heterocycles. The largest absolute Gasteiger partial charge is 0.507 e. The second-order valence-corrected chi connectivity index (χ2v) is 20.4. The Hall–Kier alpha value is -7.49. The molecule has 20 nitrogen and oxygen atoms in total. The van der Waals surface area contributed by atoms with Crippen LogP contribution in [-0.2, 0) is 23.8 Å². The van der Waals surface area contributed by atoms with E-state index in [9.17, 15) is 49.2 Å². The number of anilines is 1. The molecule has 1 saturated heterocycles. The number of carbonyl (C=O) groups excluding carboxylic acids is 5. The number of rotatable bonds is 7. The Labute approximate surface area is 436 Å². The first-order valence-corrected chi connectivity index (χ1v) is 25.1. The minimum Gasteiger partial charge on any atom is -0.507 e. The molecule has 2 fully saturated rings. The smallest absolute Gasteiger partial charge is 0.341 e. The van der Waals surface area contributed by atoms with Gasteiger partial charge in [-0.1, -0.05) is 45.9 Å². The molecule has 5 bridgehead atoms. The quantitative estimate of drug-likeness (QED) is 0.148. The van der Waals surface area contributed by atoms with Gasteiger partial charge in [-0.3, -0.25) is 33.8 Å². The molecule has 21 heteroatoms. The third-order valence-corrected chi connectivity index (χ3v) is 15.2. The number of fused-ring (bicyclic) bond motifs is 15. The van der Waals surface area contributed by atoms with Gasteiger partial charge in [0.15, 0.2) is 5.78 Å². The maximum atomic E-state index is 15.9. The van der Waals surface area contributed by atoms with Gasteiger partial charge in [0.2, 0.25) is 11.2 Å². The molecule has 5 heterocycles. The lowest BCUT2D eigenvalue weighted by Crippen LogP contribution is -2.46. The van der Waals surface area contributed by atoms with Crippen molar-refractivity contribution in [3.8, 4) is 11.5 Å². The van der Waals surface area contributed by atoms with Gasteiger partial charge in [0, 0.05) is 86.5 Å². The number of carbonyl (C=O) groups is 6. The van der Waals surface area contributed by atoms with Crippen LogP contribution in [0.2, 0.25) is 0 Å². The number of benzene rings is 2. The number of aliphatic hydroxyl groups excluding tert-OH is 2. The van der Waals surface area contributed by atoms with Crippen LogP contribution in [0.4, 0.5) is 10.1 Å². The fourth-order valence-electron chi connectivity index (χ4n) is 10.4. The minimum atomic E-state index is -2.19. The van der Waals surface area contributed by atoms with Crippen LogP contribution in [0.25, 0.3) is 10.9 Å². The Bertz CT molecular complexity index is 3160. The number of nitrogens with zero attached hydrogens (tertiary/aromatic N) is 4. The van der Waals surface area contributed by atoms with E-state index in [1.807, 2.05) is 0 Å². The van der Waals surface area contributed by atoms with Crippen molar-refractivity contribution in [2.24, 2.45) is 28.8 Å². The number of pyridine rings is 1. The number of esters is 1. The molecule has 404 valence electrons. The number of nitrogens with one attached hydrogen (secondary N) is 1. The number of piperazine rings is 1. The van der Waals surface area contributed by atoms with Crippen molar-refractivity contribution in [3.63, 3.8) is 0 Å². The lowest BCUT2D eigenvalue weighted by molar-refractivity contribution is -0.160. The lowest BCUT2D eigenvalue weighted by Gasteiger charge is -2.38. The summed E-state index contributed by atoms with van der Waals surface area (Å²) >= 11 is 0. The number of phenols is 1. The zero-order chi connectivity index (χ0) is 55.4. The van der Waals surface area contributed by atoms with E-state index in [0.29, 0.717) is 5.52 Å². The summed E-state index contributed by atoms with van der Waals surface area (Å²) in [6, 6.07) is 2.55. The first-order valence-electron chi connectivity index (χ1n) is 25.1. The fourth-order valence-corrected chi connectivity index (χ4v) is 10.4. The molecule has 4 aliphatic heterocycles. The molecule has 3 aromatic rings. The van der Waals surface area contributed by atoms with E-state index in [1.54, 1.807) is 48.2 Å². The Morgan fingerprint density at radius 2 is 1.61 bits per heavy atom. The van der Waals surface area contributed by atoms with Crippen molar-refractivity contribution in [1.29, 1.82) is 0 Å². The highest BCUT2D eigenvalue weighted by molar-refractivity contribution is 6.37. The second-order valence-electron chi connectivity index (χ2n) is 20.4. The SMILES string of the molecule is CO[C@H]1C=CO[C@@]2(C)Oc3c(C)c(O)c4c(c3C2=O)C(=O)C(C=NN2CCN(c3cc5c(cc3F)c(=O)c(C(=O)O)cn5C3CC3)CC2)=C(NC(=O)C(C)=CC=C[C@H](C)[C@H](O)[C@@H](C)[C@@H](O)[C@@H](C)[C@H](OC(C)=O)[C@@H]1C)C4=O. The number of Topliss-reactive ketones (excluding diaryl/α,β-unsaturated/α-hetero) is 3. The van der Waals surface area contributed by atoms with E-state index >= 15 is 9.18 Å². The van der Waals surface area contributed by atoms with Gasteiger partial charge >= 0.3 is 17.7 Å². The van der Waals surface area contributed by atoms with Crippen molar-refractivity contribution in [2.75, 3.05) is 38.2 Å². The molecule has 9 atom stereocenters. The number of aliphatic hydroxyl groups is 2. The summed E-state index contributed by atoms with van der Waals surface area (Å²) in [7, 11) is 1.40. The average Bonchev–Trinajstić information content (AvgIpc) is 4.20. The molecule has 76 heavy (non-hydrogen) atoms. The summed E-state index contributed by atoms with van der Waals surface area (Å²) in [6.45, 7) is 12.7. The van der Waals surface area contributed by atoms with Gasteiger partial charge in [-0.25, -0.2) is 9.18 Å². The molecule has 1 saturated carbocycles. The molecular formula is C55H62FN5O15. The number of allylic oxidation sites excluding steroid dienone is 4. The molecule has 1 amide bonds. The molecule has 9 rings (SSSR count). The zero-order valence-corrected chi connectivity index (χ0v) is 43.6. The summed E-state index contributed by atoms with van der Waals surface area (Å²) in [5.41, 5.74) is -3.18. The number of hydrazone groups is 1. The van der Waals surface area contributed by atoms with Crippen LogP contribution in [0.5, 0.6) is 11.5 Å². The van der Waals surface area contributed by atoms with Crippen molar-refractivity contribution >= 4 is 58.0 Å². The van der Waals surface area contributed by atoms with E-state index in [0.717, 1.165) is 31.4 Å². The summed E-state index contributed by atoms with van der Waals surface area (Å²) < 4.78 is 41.2. The topological polar surface area (TPSA) is 273 Å². The van der Waals surface area contributed by atoms with Crippen LogP contribution in [0.1, 0.15) is 114 Å². The summed E-state index contributed by atoms with van der Waals surface area (Å²) in [5, 5.41) is 53.0. The van der Waals surface area contributed by atoms with E-state index in [4.69, 9.17) is 18.9 Å². The number of ketones is 3. The molecule has 6 aliphatic rings. The number of hydrogen-bond donors (Lipinski definition) is 5. The lowest BCUT2D eigenvalue weighted by atomic mass is 9.78. The zero-order valence-electron chi connectivity index (χ0n) is 43.6. The number of aromatic carboxylic acids is 1.